The van der Waals surface area contributed by atoms with Gasteiger partial charge in [-0.2, -0.15) is 0 Å². The summed E-state index contributed by atoms with van der Waals surface area (Å²) in [5.41, 5.74) is 1.95. The number of aryl methyl sites for hydroxylation is 1. The second kappa shape index (κ2) is 6.40. The Balaban J connectivity index is 1.78. The molecule has 0 fully saturated rings. The van der Waals surface area contributed by atoms with Gasteiger partial charge in [0.1, 0.15) is 5.82 Å². The minimum Gasteiger partial charge on any atom is -0.305 e. The fourth-order valence-electron chi connectivity index (χ4n) is 2.03. The van der Waals surface area contributed by atoms with Gasteiger partial charge in [0.15, 0.2) is 11.0 Å². The molecule has 0 bridgehead atoms. The van der Waals surface area contributed by atoms with E-state index in [9.17, 15) is 4.39 Å². The van der Waals surface area contributed by atoms with Crippen LogP contribution in [-0.4, -0.2) is 14.8 Å². The van der Waals surface area contributed by atoms with E-state index in [1.165, 1.54) is 28.8 Å². The zero-order valence-electron chi connectivity index (χ0n) is 12.0. The monoisotopic (exact) mass is 353 g/mol. The number of aromatic nitrogens is 3. The molecule has 0 aliphatic rings. The predicted octanol–water partition coefficient (Wildman–Crippen LogP) is 4.94. The van der Waals surface area contributed by atoms with Crippen molar-refractivity contribution >= 4 is 34.7 Å². The standard InChI is InChI=1S/C15H13ClFN3S2/c1-9-5-11(8-21-9)14-18-19-15(20(14)2)22-7-10-3-4-12(17)6-13(10)16/h3-6,8H,7H2,1-2H3. The molecule has 0 saturated heterocycles. The summed E-state index contributed by atoms with van der Waals surface area (Å²) < 4.78 is 15.0. The van der Waals surface area contributed by atoms with Gasteiger partial charge in [-0.1, -0.05) is 29.4 Å². The van der Waals surface area contributed by atoms with Crippen molar-refractivity contribution in [3.8, 4) is 11.4 Å². The predicted molar refractivity (Wildman–Crippen MR) is 90.0 cm³/mol. The van der Waals surface area contributed by atoms with Crippen molar-refractivity contribution in [1.82, 2.24) is 14.8 Å². The molecule has 0 N–H and O–H groups in total. The van der Waals surface area contributed by atoms with Crippen molar-refractivity contribution in [2.45, 2.75) is 17.8 Å². The smallest absolute Gasteiger partial charge is 0.191 e. The summed E-state index contributed by atoms with van der Waals surface area (Å²) in [6, 6.07) is 6.54. The topological polar surface area (TPSA) is 30.7 Å². The van der Waals surface area contributed by atoms with Gasteiger partial charge in [-0.05, 0) is 30.7 Å². The second-order valence-electron chi connectivity index (χ2n) is 4.84. The lowest BCUT2D eigenvalue weighted by Gasteiger charge is -2.05. The zero-order valence-corrected chi connectivity index (χ0v) is 14.4. The van der Waals surface area contributed by atoms with Crippen molar-refractivity contribution < 1.29 is 4.39 Å². The second-order valence-corrected chi connectivity index (χ2v) is 7.30. The fourth-order valence-corrected chi connectivity index (χ4v) is 3.94. The van der Waals surface area contributed by atoms with Gasteiger partial charge in [0.05, 0.1) is 0 Å². The molecule has 0 radical (unpaired) electrons. The van der Waals surface area contributed by atoms with E-state index in [-0.39, 0.29) is 5.82 Å². The molecule has 0 saturated carbocycles. The van der Waals surface area contributed by atoms with E-state index in [1.807, 2.05) is 11.6 Å². The Morgan fingerprint density at radius 2 is 2.14 bits per heavy atom. The van der Waals surface area contributed by atoms with Crippen LogP contribution >= 0.6 is 34.7 Å². The molecule has 0 amide bonds. The Morgan fingerprint density at radius 1 is 1.32 bits per heavy atom. The summed E-state index contributed by atoms with van der Waals surface area (Å²) in [6.45, 7) is 2.07. The van der Waals surface area contributed by atoms with Gasteiger partial charge in [0.25, 0.3) is 0 Å². The number of thiophene rings is 1. The van der Waals surface area contributed by atoms with Gasteiger partial charge in [0, 0.05) is 33.6 Å². The van der Waals surface area contributed by atoms with E-state index in [2.05, 4.69) is 28.6 Å². The molecule has 22 heavy (non-hydrogen) atoms. The molecule has 3 rings (SSSR count). The Labute approximate surface area is 141 Å². The van der Waals surface area contributed by atoms with Crippen LogP contribution < -0.4 is 0 Å². The van der Waals surface area contributed by atoms with E-state index in [4.69, 9.17) is 11.6 Å². The SMILES string of the molecule is Cc1cc(-c2nnc(SCc3ccc(F)cc3Cl)n2C)cs1. The van der Waals surface area contributed by atoms with E-state index in [1.54, 1.807) is 17.4 Å². The molecular weight excluding hydrogens is 341 g/mol. The number of halogens is 2. The summed E-state index contributed by atoms with van der Waals surface area (Å²) in [5.74, 6) is 1.14. The zero-order chi connectivity index (χ0) is 15.7. The van der Waals surface area contributed by atoms with Crippen LogP contribution in [0.2, 0.25) is 5.02 Å². The molecule has 0 atom stereocenters. The third-order valence-corrected chi connectivity index (χ3v) is 5.48. The number of hydrogen-bond acceptors (Lipinski definition) is 4. The van der Waals surface area contributed by atoms with E-state index in [0.29, 0.717) is 10.8 Å². The Kier molecular flexibility index (Phi) is 4.52. The number of hydrogen-bond donors (Lipinski definition) is 0. The molecule has 2 aromatic heterocycles. The summed E-state index contributed by atoms with van der Waals surface area (Å²) >= 11 is 9.26. The lowest BCUT2D eigenvalue weighted by Crippen LogP contribution is -1.94. The van der Waals surface area contributed by atoms with Gasteiger partial charge in [-0.15, -0.1) is 21.5 Å². The number of nitrogens with zero attached hydrogens (tertiary/aromatic N) is 3. The Bertz CT molecular complexity index is 813. The lowest BCUT2D eigenvalue weighted by molar-refractivity contribution is 0.627. The van der Waals surface area contributed by atoms with Crippen molar-refractivity contribution in [3.05, 3.63) is 50.9 Å². The highest BCUT2D eigenvalue weighted by molar-refractivity contribution is 7.98. The van der Waals surface area contributed by atoms with E-state index >= 15 is 0 Å². The van der Waals surface area contributed by atoms with Gasteiger partial charge < -0.3 is 4.57 Å². The molecule has 114 valence electrons. The van der Waals surface area contributed by atoms with E-state index < -0.39 is 0 Å². The first-order valence-electron chi connectivity index (χ1n) is 6.56. The van der Waals surface area contributed by atoms with Crippen LogP contribution in [0.4, 0.5) is 4.39 Å². The van der Waals surface area contributed by atoms with Crippen LogP contribution in [0, 0.1) is 12.7 Å². The summed E-state index contributed by atoms with van der Waals surface area (Å²) in [5, 5.41) is 11.8. The molecule has 0 aliphatic heterocycles. The van der Waals surface area contributed by atoms with Crippen molar-refractivity contribution in [2.24, 2.45) is 7.05 Å². The van der Waals surface area contributed by atoms with Crippen LogP contribution in [0.25, 0.3) is 11.4 Å². The van der Waals surface area contributed by atoms with Gasteiger partial charge >= 0.3 is 0 Å². The number of thioether (sulfide) groups is 1. The fraction of sp³-hybridized carbons (Fsp3) is 0.200. The first kappa shape index (κ1) is 15.5. The van der Waals surface area contributed by atoms with Crippen molar-refractivity contribution in [1.29, 1.82) is 0 Å². The highest BCUT2D eigenvalue weighted by Gasteiger charge is 2.13. The lowest BCUT2D eigenvalue weighted by atomic mass is 10.2. The normalized spacial score (nSPS) is 11.1. The highest BCUT2D eigenvalue weighted by atomic mass is 35.5. The minimum atomic E-state index is -0.326. The average molecular weight is 354 g/mol. The summed E-state index contributed by atoms with van der Waals surface area (Å²) in [6.07, 6.45) is 0. The van der Waals surface area contributed by atoms with E-state index in [0.717, 1.165) is 22.1 Å². The van der Waals surface area contributed by atoms with Gasteiger partial charge in [0.2, 0.25) is 0 Å². The molecule has 3 nitrogen and oxygen atoms in total. The number of rotatable bonds is 4. The Morgan fingerprint density at radius 3 is 2.82 bits per heavy atom. The summed E-state index contributed by atoms with van der Waals surface area (Å²) in [4.78, 5) is 1.24. The van der Waals surface area contributed by atoms with Crippen LogP contribution in [0.15, 0.2) is 34.8 Å². The quantitative estimate of drug-likeness (QED) is 0.622. The van der Waals surface area contributed by atoms with Crippen LogP contribution in [0.1, 0.15) is 10.4 Å². The third-order valence-electron chi connectivity index (χ3n) is 3.20. The highest BCUT2D eigenvalue weighted by Crippen LogP contribution is 2.29. The summed E-state index contributed by atoms with van der Waals surface area (Å²) in [7, 11) is 1.94. The maximum Gasteiger partial charge on any atom is 0.191 e. The molecule has 2 heterocycles. The maximum atomic E-state index is 13.1. The molecule has 0 spiro atoms. The molecule has 3 aromatic rings. The van der Waals surface area contributed by atoms with Crippen molar-refractivity contribution in [2.75, 3.05) is 0 Å². The maximum absolute atomic E-state index is 13.1. The Hall–Kier alpha value is -1.37. The largest absolute Gasteiger partial charge is 0.305 e. The first-order chi connectivity index (χ1) is 10.5. The minimum absolute atomic E-state index is 0.326. The molecular formula is C15H13ClFN3S2. The van der Waals surface area contributed by atoms with Crippen LogP contribution in [-0.2, 0) is 12.8 Å². The first-order valence-corrected chi connectivity index (χ1v) is 8.80. The van der Waals surface area contributed by atoms with Gasteiger partial charge in [-0.25, -0.2) is 4.39 Å². The third kappa shape index (κ3) is 3.19. The molecule has 0 unspecified atom stereocenters. The average Bonchev–Trinajstić information content (AvgIpc) is 3.04. The van der Waals surface area contributed by atoms with Crippen LogP contribution in [0.3, 0.4) is 0 Å². The van der Waals surface area contributed by atoms with Crippen LogP contribution in [0.5, 0.6) is 0 Å². The van der Waals surface area contributed by atoms with Crippen molar-refractivity contribution in [3.63, 3.8) is 0 Å². The number of benzene rings is 1. The molecule has 7 heteroatoms. The molecule has 1 aromatic carbocycles. The molecule has 0 aliphatic carbocycles. The van der Waals surface area contributed by atoms with Gasteiger partial charge in [-0.3, -0.25) is 0 Å².